The highest BCUT2D eigenvalue weighted by atomic mass is 16.2. The molecule has 0 atom stereocenters. The molecule has 2 nitrogen and oxygen atoms in total. The number of amides is 1. The van der Waals surface area contributed by atoms with Gasteiger partial charge in [-0.2, -0.15) is 0 Å². The molecule has 2 heteroatoms. The molecule has 1 aliphatic heterocycles. The molecule has 1 saturated carbocycles. The topological polar surface area (TPSA) is 20.3 Å². The quantitative estimate of drug-likeness (QED) is 0.808. The van der Waals surface area contributed by atoms with Crippen molar-refractivity contribution in [3.05, 3.63) is 35.9 Å². The average molecular weight is 285 g/mol. The second-order valence-electron chi connectivity index (χ2n) is 6.77. The highest BCUT2D eigenvalue weighted by Crippen LogP contribution is 2.30. The zero-order valence-corrected chi connectivity index (χ0v) is 13.0. The van der Waals surface area contributed by atoms with E-state index >= 15 is 0 Å². The minimum absolute atomic E-state index is 0.411. The fourth-order valence-corrected chi connectivity index (χ4v) is 3.95. The zero-order valence-electron chi connectivity index (χ0n) is 13.0. The molecule has 21 heavy (non-hydrogen) atoms. The Morgan fingerprint density at radius 2 is 1.62 bits per heavy atom. The minimum atomic E-state index is 0.411. The van der Waals surface area contributed by atoms with Crippen LogP contribution < -0.4 is 0 Å². The minimum Gasteiger partial charge on any atom is -0.343 e. The summed E-state index contributed by atoms with van der Waals surface area (Å²) >= 11 is 0. The molecule has 1 saturated heterocycles. The molecule has 2 aliphatic rings. The Balaban J connectivity index is 1.47. The lowest BCUT2D eigenvalue weighted by molar-refractivity contribution is -0.133. The van der Waals surface area contributed by atoms with Crippen LogP contribution in [0.5, 0.6) is 0 Å². The Morgan fingerprint density at radius 3 is 2.29 bits per heavy atom. The highest BCUT2D eigenvalue weighted by Gasteiger charge is 2.25. The molecule has 114 valence electrons. The molecule has 3 rings (SSSR count). The standard InChI is InChI=1S/C19H27NO/c21-19(15-16-7-3-1-4-8-16)20-13-11-18(12-14-20)17-9-5-2-6-10-17/h2,5-6,9-10,16,18H,1,3-4,7-8,11-15H2. The molecule has 0 N–H and O–H groups in total. The van der Waals surface area contributed by atoms with Crippen molar-refractivity contribution in [2.24, 2.45) is 5.92 Å². The molecule has 1 amide bonds. The van der Waals surface area contributed by atoms with Crippen molar-refractivity contribution in [2.75, 3.05) is 13.1 Å². The first kappa shape index (κ1) is 14.6. The van der Waals surface area contributed by atoms with Crippen molar-refractivity contribution in [3.63, 3.8) is 0 Å². The summed E-state index contributed by atoms with van der Waals surface area (Å²) in [6.07, 6.45) is 9.62. The van der Waals surface area contributed by atoms with Crippen LogP contribution in [-0.2, 0) is 4.79 Å². The van der Waals surface area contributed by atoms with Gasteiger partial charge in [-0.1, -0.05) is 49.6 Å². The first-order chi connectivity index (χ1) is 10.3. The van der Waals surface area contributed by atoms with Gasteiger partial charge in [0.25, 0.3) is 0 Å². The van der Waals surface area contributed by atoms with Crippen molar-refractivity contribution in [3.8, 4) is 0 Å². The third kappa shape index (κ3) is 3.87. The highest BCUT2D eigenvalue weighted by molar-refractivity contribution is 5.76. The van der Waals surface area contributed by atoms with E-state index < -0.39 is 0 Å². The first-order valence-electron chi connectivity index (χ1n) is 8.65. The maximum Gasteiger partial charge on any atom is 0.222 e. The number of rotatable bonds is 3. The van der Waals surface area contributed by atoms with Gasteiger partial charge < -0.3 is 4.90 Å². The van der Waals surface area contributed by atoms with Crippen LogP contribution in [0.25, 0.3) is 0 Å². The zero-order chi connectivity index (χ0) is 14.5. The summed E-state index contributed by atoms with van der Waals surface area (Å²) in [7, 11) is 0. The Hall–Kier alpha value is -1.31. The van der Waals surface area contributed by atoms with Gasteiger partial charge in [0, 0.05) is 19.5 Å². The molecule has 0 radical (unpaired) electrons. The van der Waals surface area contributed by atoms with Crippen LogP contribution >= 0.6 is 0 Å². The van der Waals surface area contributed by atoms with Gasteiger partial charge in [-0.05, 0) is 43.1 Å². The molecular weight excluding hydrogens is 258 g/mol. The lowest BCUT2D eigenvalue weighted by Gasteiger charge is -2.33. The number of likely N-dealkylation sites (tertiary alicyclic amines) is 1. The predicted molar refractivity (Wildman–Crippen MR) is 86.2 cm³/mol. The van der Waals surface area contributed by atoms with E-state index in [9.17, 15) is 4.79 Å². The number of hydrogen-bond acceptors (Lipinski definition) is 1. The fourth-order valence-electron chi connectivity index (χ4n) is 3.95. The number of carbonyl (C=O) groups excluding carboxylic acids is 1. The maximum absolute atomic E-state index is 12.4. The lowest BCUT2D eigenvalue weighted by atomic mass is 9.86. The van der Waals surface area contributed by atoms with E-state index in [0.717, 1.165) is 32.4 Å². The summed E-state index contributed by atoms with van der Waals surface area (Å²) in [6.45, 7) is 1.90. The van der Waals surface area contributed by atoms with Crippen LogP contribution in [0.2, 0.25) is 0 Å². The largest absolute Gasteiger partial charge is 0.343 e. The molecule has 0 unspecified atom stereocenters. The van der Waals surface area contributed by atoms with E-state index in [1.165, 1.54) is 37.7 Å². The third-order valence-electron chi connectivity index (χ3n) is 5.31. The lowest BCUT2D eigenvalue weighted by Crippen LogP contribution is -2.38. The van der Waals surface area contributed by atoms with Crippen LogP contribution in [0.4, 0.5) is 0 Å². The monoisotopic (exact) mass is 285 g/mol. The van der Waals surface area contributed by atoms with Gasteiger partial charge in [0.1, 0.15) is 0 Å². The smallest absolute Gasteiger partial charge is 0.222 e. The Kier molecular flexibility index (Phi) is 4.95. The van der Waals surface area contributed by atoms with Gasteiger partial charge in [0.15, 0.2) is 0 Å². The van der Waals surface area contributed by atoms with E-state index in [0.29, 0.717) is 17.7 Å². The van der Waals surface area contributed by atoms with Gasteiger partial charge in [-0.25, -0.2) is 0 Å². The SMILES string of the molecule is O=C(CC1CCCCC1)N1CCC(c2ccccc2)CC1. The van der Waals surface area contributed by atoms with Gasteiger partial charge in [0.05, 0.1) is 0 Å². The van der Waals surface area contributed by atoms with Crippen LogP contribution in [0.1, 0.15) is 62.8 Å². The summed E-state index contributed by atoms with van der Waals surface area (Å²) in [4.78, 5) is 14.6. The number of benzene rings is 1. The van der Waals surface area contributed by atoms with Gasteiger partial charge in [-0.15, -0.1) is 0 Å². The van der Waals surface area contributed by atoms with Crippen LogP contribution in [-0.4, -0.2) is 23.9 Å². The Morgan fingerprint density at radius 1 is 0.952 bits per heavy atom. The summed E-state index contributed by atoms with van der Waals surface area (Å²) in [5.74, 6) is 1.72. The predicted octanol–water partition coefficient (Wildman–Crippen LogP) is 4.36. The second-order valence-corrected chi connectivity index (χ2v) is 6.77. The maximum atomic E-state index is 12.4. The molecule has 2 fully saturated rings. The fraction of sp³-hybridized carbons (Fsp3) is 0.632. The molecule has 1 aromatic carbocycles. The van der Waals surface area contributed by atoms with Crippen molar-refractivity contribution in [2.45, 2.75) is 57.3 Å². The molecule has 1 aromatic rings. The van der Waals surface area contributed by atoms with E-state index in [-0.39, 0.29) is 0 Å². The summed E-state index contributed by atoms with van der Waals surface area (Å²) < 4.78 is 0. The average Bonchev–Trinajstić information content (AvgIpc) is 2.57. The molecule has 1 heterocycles. The molecule has 0 aromatic heterocycles. The van der Waals surface area contributed by atoms with Crippen LogP contribution in [0, 0.1) is 5.92 Å². The third-order valence-corrected chi connectivity index (χ3v) is 5.31. The molecule has 0 bridgehead atoms. The van der Waals surface area contributed by atoms with E-state index in [2.05, 4.69) is 35.2 Å². The number of carbonyl (C=O) groups is 1. The number of nitrogens with zero attached hydrogens (tertiary/aromatic N) is 1. The van der Waals surface area contributed by atoms with E-state index in [1.54, 1.807) is 0 Å². The van der Waals surface area contributed by atoms with E-state index in [1.807, 2.05) is 0 Å². The Bertz CT molecular complexity index is 442. The van der Waals surface area contributed by atoms with Crippen LogP contribution in [0.15, 0.2) is 30.3 Å². The first-order valence-corrected chi connectivity index (χ1v) is 8.65. The summed E-state index contributed by atoms with van der Waals surface area (Å²) in [5, 5.41) is 0. The molecule has 1 aliphatic carbocycles. The van der Waals surface area contributed by atoms with Gasteiger partial charge in [0.2, 0.25) is 5.91 Å². The van der Waals surface area contributed by atoms with E-state index in [4.69, 9.17) is 0 Å². The van der Waals surface area contributed by atoms with Crippen molar-refractivity contribution in [1.29, 1.82) is 0 Å². The molecule has 0 spiro atoms. The van der Waals surface area contributed by atoms with Crippen molar-refractivity contribution < 1.29 is 4.79 Å². The number of piperidine rings is 1. The Labute approximate surface area is 128 Å². The van der Waals surface area contributed by atoms with Gasteiger partial charge in [-0.3, -0.25) is 4.79 Å². The van der Waals surface area contributed by atoms with Crippen molar-refractivity contribution in [1.82, 2.24) is 4.90 Å². The molecular formula is C19H27NO. The number of hydrogen-bond donors (Lipinski definition) is 0. The second kappa shape index (κ2) is 7.11. The summed E-state index contributed by atoms with van der Waals surface area (Å²) in [5.41, 5.74) is 1.44. The van der Waals surface area contributed by atoms with Crippen molar-refractivity contribution >= 4 is 5.91 Å². The normalized spacial score (nSPS) is 21.4. The van der Waals surface area contributed by atoms with Gasteiger partial charge >= 0.3 is 0 Å². The van der Waals surface area contributed by atoms with Crippen LogP contribution in [0.3, 0.4) is 0 Å². The summed E-state index contributed by atoms with van der Waals surface area (Å²) in [6, 6.07) is 10.8.